The molecule has 2 saturated heterocycles. The van der Waals surface area contributed by atoms with Gasteiger partial charge in [0.1, 0.15) is 0 Å². The van der Waals surface area contributed by atoms with Gasteiger partial charge in [-0.25, -0.2) is 0 Å². The second-order valence-electron chi connectivity index (χ2n) is 6.74. The van der Waals surface area contributed by atoms with E-state index in [-0.39, 0.29) is 5.41 Å². The van der Waals surface area contributed by atoms with Crippen molar-refractivity contribution < 1.29 is 4.79 Å². The van der Waals surface area contributed by atoms with Gasteiger partial charge < -0.3 is 10.2 Å². The predicted molar refractivity (Wildman–Crippen MR) is 72.3 cm³/mol. The third-order valence-electron chi connectivity index (χ3n) is 5.39. The smallest absolute Gasteiger partial charge is 0.230 e. The highest BCUT2D eigenvalue weighted by molar-refractivity contribution is 5.83. The maximum absolute atomic E-state index is 12.8. The van der Waals surface area contributed by atoms with Gasteiger partial charge in [-0.2, -0.15) is 0 Å². The minimum atomic E-state index is -0.124. The Morgan fingerprint density at radius 2 is 2.00 bits per heavy atom. The van der Waals surface area contributed by atoms with Gasteiger partial charge >= 0.3 is 0 Å². The number of hydrogen-bond donors (Lipinski definition) is 1. The Bertz CT molecular complexity index is 316. The number of carbonyl (C=O) groups excluding carboxylic acids is 1. The first-order chi connectivity index (χ1) is 8.71. The van der Waals surface area contributed by atoms with Crippen LogP contribution in [0.4, 0.5) is 0 Å². The van der Waals surface area contributed by atoms with Gasteiger partial charge in [-0.05, 0) is 51.5 Å². The van der Waals surface area contributed by atoms with E-state index in [1.165, 1.54) is 38.5 Å². The van der Waals surface area contributed by atoms with Crippen molar-refractivity contribution in [1.82, 2.24) is 10.2 Å². The topological polar surface area (TPSA) is 32.3 Å². The van der Waals surface area contributed by atoms with Crippen LogP contribution in [0.1, 0.15) is 51.9 Å². The third kappa shape index (κ3) is 2.07. The second kappa shape index (κ2) is 4.84. The first-order valence-corrected chi connectivity index (χ1v) is 7.72. The SMILES string of the molecule is CC1(C(=O)N2CCCC2C2CCCC2)CCNC1. The van der Waals surface area contributed by atoms with Crippen molar-refractivity contribution in [1.29, 1.82) is 0 Å². The zero-order valence-corrected chi connectivity index (χ0v) is 11.6. The van der Waals surface area contributed by atoms with Gasteiger partial charge in [0.15, 0.2) is 0 Å². The molecule has 1 amide bonds. The van der Waals surface area contributed by atoms with Crippen LogP contribution in [0.3, 0.4) is 0 Å². The fourth-order valence-corrected chi connectivity index (χ4v) is 4.22. The number of nitrogens with one attached hydrogen (secondary N) is 1. The molecule has 3 rings (SSSR count). The van der Waals surface area contributed by atoms with Crippen molar-refractivity contribution in [2.75, 3.05) is 19.6 Å². The highest BCUT2D eigenvalue weighted by atomic mass is 16.2. The maximum Gasteiger partial charge on any atom is 0.230 e. The molecule has 3 nitrogen and oxygen atoms in total. The van der Waals surface area contributed by atoms with Gasteiger partial charge in [0.2, 0.25) is 5.91 Å². The summed E-state index contributed by atoms with van der Waals surface area (Å²) in [4.78, 5) is 15.1. The van der Waals surface area contributed by atoms with Crippen LogP contribution >= 0.6 is 0 Å². The van der Waals surface area contributed by atoms with E-state index < -0.39 is 0 Å². The normalized spacial score (nSPS) is 37.6. The molecule has 102 valence electrons. The summed E-state index contributed by atoms with van der Waals surface area (Å²) in [6.07, 6.45) is 8.94. The van der Waals surface area contributed by atoms with Crippen LogP contribution in [0.15, 0.2) is 0 Å². The molecule has 0 radical (unpaired) electrons. The predicted octanol–water partition coefficient (Wildman–Crippen LogP) is 2.17. The monoisotopic (exact) mass is 250 g/mol. The minimum Gasteiger partial charge on any atom is -0.339 e. The highest BCUT2D eigenvalue weighted by Crippen LogP contribution is 2.38. The van der Waals surface area contributed by atoms with Crippen LogP contribution in [0.2, 0.25) is 0 Å². The molecule has 2 heterocycles. The lowest BCUT2D eigenvalue weighted by Crippen LogP contribution is -2.47. The summed E-state index contributed by atoms with van der Waals surface area (Å²) < 4.78 is 0. The Morgan fingerprint density at radius 1 is 1.22 bits per heavy atom. The van der Waals surface area contributed by atoms with Crippen molar-refractivity contribution in [3.05, 3.63) is 0 Å². The molecule has 2 unspecified atom stereocenters. The first kappa shape index (κ1) is 12.5. The van der Waals surface area contributed by atoms with E-state index in [9.17, 15) is 4.79 Å². The molecule has 0 aromatic rings. The van der Waals surface area contributed by atoms with Gasteiger partial charge in [0.05, 0.1) is 5.41 Å². The highest BCUT2D eigenvalue weighted by Gasteiger charge is 2.44. The summed E-state index contributed by atoms with van der Waals surface area (Å²) in [6.45, 7) is 5.04. The van der Waals surface area contributed by atoms with Crippen LogP contribution in [0.5, 0.6) is 0 Å². The number of likely N-dealkylation sites (tertiary alicyclic amines) is 1. The molecular weight excluding hydrogens is 224 g/mol. The zero-order valence-electron chi connectivity index (χ0n) is 11.6. The lowest BCUT2D eigenvalue weighted by Gasteiger charge is -2.35. The Hall–Kier alpha value is -0.570. The Morgan fingerprint density at radius 3 is 2.67 bits per heavy atom. The molecule has 1 saturated carbocycles. The molecule has 1 aliphatic carbocycles. The zero-order chi connectivity index (χ0) is 12.6. The Balaban J connectivity index is 1.71. The van der Waals surface area contributed by atoms with Crippen LogP contribution in [-0.4, -0.2) is 36.5 Å². The average molecular weight is 250 g/mol. The first-order valence-electron chi connectivity index (χ1n) is 7.72. The summed E-state index contributed by atoms with van der Waals surface area (Å²) in [6, 6.07) is 0.567. The fraction of sp³-hybridized carbons (Fsp3) is 0.933. The number of hydrogen-bond acceptors (Lipinski definition) is 2. The lowest BCUT2D eigenvalue weighted by atomic mass is 9.86. The summed E-state index contributed by atoms with van der Waals surface area (Å²) in [5, 5.41) is 3.35. The molecule has 3 aliphatic rings. The molecule has 0 aromatic carbocycles. The standard InChI is InChI=1S/C15H26N2O/c1-15(8-9-16-11-15)14(18)17-10-4-7-13(17)12-5-2-3-6-12/h12-13,16H,2-11H2,1H3. The van der Waals surface area contributed by atoms with Gasteiger partial charge in [0, 0.05) is 19.1 Å². The van der Waals surface area contributed by atoms with Crippen LogP contribution in [0.25, 0.3) is 0 Å². The summed E-state index contributed by atoms with van der Waals surface area (Å²) in [5.74, 6) is 1.23. The summed E-state index contributed by atoms with van der Waals surface area (Å²) >= 11 is 0. The maximum atomic E-state index is 12.8. The van der Waals surface area contributed by atoms with E-state index in [1.54, 1.807) is 0 Å². The Kier molecular flexibility index (Phi) is 3.35. The molecule has 3 heteroatoms. The minimum absolute atomic E-state index is 0.124. The summed E-state index contributed by atoms with van der Waals surface area (Å²) in [7, 11) is 0. The van der Waals surface area contributed by atoms with E-state index in [0.717, 1.165) is 32.0 Å². The van der Waals surface area contributed by atoms with E-state index in [4.69, 9.17) is 0 Å². The quantitative estimate of drug-likeness (QED) is 0.814. The van der Waals surface area contributed by atoms with Crippen molar-refractivity contribution in [2.45, 2.75) is 57.9 Å². The van der Waals surface area contributed by atoms with Crippen molar-refractivity contribution in [3.63, 3.8) is 0 Å². The number of nitrogens with zero attached hydrogens (tertiary/aromatic N) is 1. The van der Waals surface area contributed by atoms with Crippen molar-refractivity contribution >= 4 is 5.91 Å². The average Bonchev–Trinajstić information content (AvgIpc) is 3.09. The molecule has 2 aliphatic heterocycles. The molecule has 0 spiro atoms. The van der Waals surface area contributed by atoms with Gasteiger partial charge in [0.25, 0.3) is 0 Å². The molecule has 18 heavy (non-hydrogen) atoms. The summed E-state index contributed by atoms with van der Waals surface area (Å²) in [5.41, 5.74) is -0.124. The fourth-order valence-electron chi connectivity index (χ4n) is 4.22. The largest absolute Gasteiger partial charge is 0.339 e. The van der Waals surface area contributed by atoms with Gasteiger partial charge in [-0.15, -0.1) is 0 Å². The molecule has 2 atom stereocenters. The Labute approximate surface area is 110 Å². The van der Waals surface area contributed by atoms with Crippen LogP contribution < -0.4 is 5.32 Å². The number of carbonyl (C=O) groups is 1. The van der Waals surface area contributed by atoms with E-state index in [0.29, 0.717) is 11.9 Å². The van der Waals surface area contributed by atoms with E-state index in [2.05, 4.69) is 17.1 Å². The van der Waals surface area contributed by atoms with E-state index in [1.807, 2.05) is 0 Å². The molecule has 0 aromatic heterocycles. The van der Waals surface area contributed by atoms with Crippen molar-refractivity contribution in [3.8, 4) is 0 Å². The van der Waals surface area contributed by atoms with Crippen LogP contribution in [0, 0.1) is 11.3 Å². The van der Waals surface area contributed by atoms with Crippen LogP contribution in [-0.2, 0) is 4.79 Å². The molecular formula is C15H26N2O. The van der Waals surface area contributed by atoms with Crippen molar-refractivity contribution in [2.24, 2.45) is 11.3 Å². The van der Waals surface area contributed by atoms with Gasteiger partial charge in [-0.1, -0.05) is 12.8 Å². The third-order valence-corrected chi connectivity index (χ3v) is 5.39. The lowest BCUT2D eigenvalue weighted by molar-refractivity contribution is -0.142. The van der Waals surface area contributed by atoms with E-state index >= 15 is 0 Å². The number of amides is 1. The number of rotatable bonds is 2. The molecule has 3 fully saturated rings. The van der Waals surface area contributed by atoms with Gasteiger partial charge in [-0.3, -0.25) is 4.79 Å². The molecule has 0 bridgehead atoms. The second-order valence-corrected chi connectivity index (χ2v) is 6.74. The molecule has 1 N–H and O–H groups in total.